The van der Waals surface area contributed by atoms with E-state index in [1.54, 1.807) is 18.2 Å². The van der Waals surface area contributed by atoms with Crippen LogP contribution in [-0.2, 0) is 16.1 Å². The van der Waals surface area contributed by atoms with E-state index >= 15 is 0 Å². The summed E-state index contributed by atoms with van der Waals surface area (Å²) < 4.78 is 0. The van der Waals surface area contributed by atoms with E-state index in [9.17, 15) is 19.5 Å². The smallest absolute Gasteiger partial charge is 0.305 e. The van der Waals surface area contributed by atoms with Gasteiger partial charge in [0, 0.05) is 34.2 Å². The number of nitrogens with zero attached hydrogens (tertiary/aromatic N) is 1. The van der Waals surface area contributed by atoms with Crippen molar-refractivity contribution in [2.24, 2.45) is 5.92 Å². The first-order valence-corrected chi connectivity index (χ1v) is 17.1. The van der Waals surface area contributed by atoms with Crippen LogP contribution in [0.5, 0.6) is 0 Å². The van der Waals surface area contributed by atoms with Crippen LogP contribution in [0.25, 0.3) is 0 Å². The van der Waals surface area contributed by atoms with Crippen LogP contribution in [0, 0.1) is 5.92 Å². The number of rotatable bonds is 8. The van der Waals surface area contributed by atoms with E-state index in [4.69, 9.17) is 23.2 Å². The number of carbonyl (C=O) groups is 3. The fourth-order valence-electron chi connectivity index (χ4n) is 6.78. The van der Waals surface area contributed by atoms with Gasteiger partial charge in [-0.2, -0.15) is 0 Å². The highest BCUT2D eigenvalue weighted by molar-refractivity contribution is 6.31. The predicted octanol–water partition coefficient (Wildman–Crippen LogP) is 7.64. The van der Waals surface area contributed by atoms with Gasteiger partial charge >= 0.3 is 5.97 Å². The van der Waals surface area contributed by atoms with E-state index in [1.807, 2.05) is 12.1 Å². The highest BCUT2D eigenvalue weighted by Crippen LogP contribution is 2.32. The number of benzene rings is 2. The molecule has 2 fully saturated rings. The quantitative estimate of drug-likeness (QED) is 0.275. The van der Waals surface area contributed by atoms with Gasteiger partial charge < -0.3 is 15.7 Å². The molecule has 9 heteroatoms. The van der Waals surface area contributed by atoms with Crippen LogP contribution >= 0.6 is 23.2 Å². The molecule has 1 aliphatic carbocycles. The average Bonchev–Trinajstić information content (AvgIpc) is 3.19. The van der Waals surface area contributed by atoms with E-state index in [0.29, 0.717) is 10.9 Å². The molecule has 2 aromatic carbocycles. The number of fused-ring (bicyclic) bond motifs is 3. The number of carboxylic acid groups (broad SMARTS) is 1. The predicted molar refractivity (Wildman–Crippen MR) is 176 cm³/mol. The van der Waals surface area contributed by atoms with Gasteiger partial charge in [0.25, 0.3) is 5.91 Å². The molecular weight excluding hydrogens is 597 g/mol. The molecule has 2 aromatic rings. The lowest BCUT2D eigenvalue weighted by atomic mass is 9.91. The van der Waals surface area contributed by atoms with Gasteiger partial charge in [-0.3, -0.25) is 19.3 Å². The van der Waals surface area contributed by atoms with Crippen molar-refractivity contribution in [1.82, 2.24) is 15.5 Å². The molecule has 0 radical (unpaired) electrons. The SMILES string of the molecule is O=C(O)C[C@@H](NC(=O)c1cccc(Cl)c1)C(=O)NC1CC2CCCCCCCCCCN(Cc3ccc(Cl)cc3)C(CC2)C1. The summed E-state index contributed by atoms with van der Waals surface area (Å²) in [5.74, 6) is -1.64. The summed E-state index contributed by atoms with van der Waals surface area (Å²) >= 11 is 12.2. The number of amides is 2. The van der Waals surface area contributed by atoms with Crippen LogP contribution in [0.4, 0.5) is 0 Å². The van der Waals surface area contributed by atoms with Gasteiger partial charge in [0.1, 0.15) is 6.04 Å². The number of carboxylic acids is 1. The summed E-state index contributed by atoms with van der Waals surface area (Å²) in [5.41, 5.74) is 1.50. The van der Waals surface area contributed by atoms with Crippen molar-refractivity contribution in [3.8, 4) is 0 Å². The Bertz CT molecular complexity index is 1220. The minimum atomic E-state index is -1.19. The number of halogens is 2. The van der Waals surface area contributed by atoms with Gasteiger partial charge in [0.2, 0.25) is 5.91 Å². The Morgan fingerprint density at radius 1 is 0.841 bits per heavy atom. The van der Waals surface area contributed by atoms with Crippen molar-refractivity contribution in [2.45, 2.75) is 115 Å². The molecule has 2 amide bonds. The van der Waals surface area contributed by atoms with E-state index in [0.717, 1.165) is 56.6 Å². The monoisotopic (exact) mass is 643 g/mol. The van der Waals surface area contributed by atoms with Crippen molar-refractivity contribution in [3.63, 3.8) is 0 Å². The molecule has 1 saturated heterocycles. The zero-order valence-electron chi connectivity index (χ0n) is 25.6. The molecule has 44 heavy (non-hydrogen) atoms. The fraction of sp³-hybridized carbons (Fsp3) is 0.571. The minimum absolute atomic E-state index is 0.111. The summed E-state index contributed by atoms with van der Waals surface area (Å²) in [6.07, 6.45) is 14.4. The zero-order valence-corrected chi connectivity index (χ0v) is 27.1. The third-order valence-electron chi connectivity index (χ3n) is 9.14. The first-order chi connectivity index (χ1) is 21.3. The number of hydrogen-bond donors (Lipinski definition) is 3. The van der Waals surface area contributed by atoms with Gasteiger partial charge in [-0.05, 0) is 80.5 Å². The molecule has 2 aliphatic rings. The van der Waals surface area contributed by atoms with E-state index in [-0.39, 0.29) is 17.6 Å². The topological polar surface area (TPSA) is 98.7 Å². The Labute approximate surface area is 272 Å². The van der Waals surface area contributed by atoms with Crippen LogP contribution in [0.3, 0.4) is 0 Å². The van der Waals surface area contributed by atoms with Crippen molar-refractivity contribution in [2.75, 3.05) is 6.54 Å². The third kappa shape index (κ3) is 11.4. The zero-order chi connectivity index (χ0) is 31.3. The molecule has 240 valence electrons. The molecule has 4 rings (SSSR count). The second-order valence-corrected chi connectivity index (χ2v) is 13.5. The van der Waals surface area contributed by atoms with E-state index < -0.39 is 30.2 Å². The molecule has 1 aliphatic heterocycles. The maximum atomic E-state index is 13.6. The largest absolute Gasteiger partial charge is 0.481 e. The maximum Gasteiger partial charge on any atom is 0.305 e. The lowest BCUT2D eigenvalue weighted by molar-refractivity contribution is -0.140. The van der Waals surface area contributed by atoms with Crippen LogP contribution in [-0.4, -0.2) is 52.5 Å². The molecule has 2 bridgehead atoms. The summed E-state index contributed by atoms with van der Waals surface area (Å²) in [4.78, 5) is 40.9. The highest BCUT2D eigenvalue weighted by atomic mass is 35.5. The molecule has 4 atom stereocenters. The van der Waals surface area contributed by atoms with Crippen molar-refractivity contribution >= 4 is 41.0 Å². The Kier molecular flexibility index (Phi) is 13.8. The van der Waals surface area contributed by atoms with Crippen LogP contribution in [0.1, 0.15) is 106 Å². The Hall–Kier alpha value is -2.61. The normalized spacial score (nSPS) is 23.0. The molecule has 7 nitrogen and oxygen atoms in total. The molecule has 0 aromatic heterocycles. The Balaban J connectivity index is 1.52. The number of nitrogens with one attached hydrogen (secondary N) is 2. The molecule has 1 saturated carbocycles. The fourth-order valence-corrected chi connectivity index (χ4v) is 7.10. The summed E-state index contributed by atoms with van der Waals surface area (Å²) in [5, 5.41) is 16.6. The van der Waals surface area contributed by atoms with Gasteiger partial charge in [-0.15, -0.1) is 0 Å². The van der Waals surface area contributed by atoms with Gasteiger partial charge in [0.05, 0.1) is 6.42 Å². The van der Waals surface area contributed by atoms with Crippen molar-refractivity contribution in [1.29, 1.82) is 0 Å². The molecule has 3 unspecified atom stereocenters. The van der Waals surface area contributed by atoms with Gasteiger partial charge in [-0.25, -0.2) is 0 Å². The molecule has 3 N–H and O–H groups in total. The molecule has 0 spiro atoms. The van der Waals surface area contributed by atoms with Crippen LogP contribution in [0.2, 0.25) is 10.0 Å². The average molecular weight is 645 g/mol. The van der Waals surface area contributed by atoms with Crippen LogP contribution < -0.4 is 10.6 Å². The summed E-state index contributed by atoms with van der Waals surface area (Å²) in [7, 11) is 0. The lowest BCUT2D eigenvalue weighted by Gasteiger charge is -2.33. The second kappa shape index (κ2) is 17.8. The summed E-state index contributed by atoms with van der Waals surface area (Å²) in [6, 6.07) is 13.4. The van der Waals surface area contributed by atoms with E-state index in [1.165, 1.54) is 56.6 Å². The van der Waals surface area contributed by atoms with Crippen molar-refractivity contribution < 1.29 is 19.5 Å². The second-order valence-electron chi connectivity index (χ2n) is 12.6. The number of hydrogen-bond acceptors (Lipinski definition) is 4. The van der Waals surface area contributed by atoms with Crippen LogP contribution in [0.15, 0.2) is 48.5 Å². The van der Waals surface area contributed by atoms with Crippen molar-refractivity contribution in [3.05, 3.63) is 69.7 Å². The number of aliphatic carboxylic acids is 1. The number of carbonyl (C=O) groups excluding carboxylic acids is 2. The first kappa shape index (κ1) is 34.3. The van der Waals surface area contributed by atoms with Gasteiger partial charge in [-0.1, -0.05) is 92.8 Å². The lowest BCUT2D eigenvalue weighted by Crippen LogP contribution is -2.51. The molecular formula is C35H47Cl2N3O4. The van der Waals surface area contributed by atoms with E-state index in [2.05, 4.69) is 27.7 Å². The maximum absolute atomic E-state index is 13.6. The Morgan fingerprint density at radius 2 is 1.55 bits per heavy atom. The van der Waals surface area contributed by atoms with Gasteiger partial charge in [0.15, 0.2) is 0 Å². The summed E-state index contributed by atoms with van der Waals surface area (Å²) in [6.45, 7) is 1.82. The molecule has 1 heterocycles. The highest BCUT2D eigenvalue weighted by Gasteiger charge is 2.32. The standard InChI is InChI=1S/C35H47Cl2N3O4/c36-28-16-13-26(14-17-28)24-40-19-8-6-4-2-1-3-5-7-10-25-15-18-31(40)22-30(20-25)38-35(44)32(23-33(41)42)39-34(43)27-11-9-12-29(37)21-27/h9,11-14,16-17,21,25,30-32H,1-8,10,15,18-20,22-24H2,(H,38,44)(H,39,43)(H,41,42)/t25?,30?,31?,32-/m1/s1. The third-order valence-corrected chi connectivity index (χ3v) is 9.63. The first-order valence-electron chi connectivity index (χ1n) is 16.3. The Morgan fingerprint density at radius 3 is 2.25 bits per heavy atom. The minimum Gasteiger partial charge on any atom is -0.481 e.